The highest BCUT2D eigenvalue weighted by Gasteiger charge is 2.12. The standard InChI is InChI=1S/C14H12Cl2N2O2/c1-2-20-12-4-3-5-17-13(12)18-14(19)9-6-10(15)8-11(16)7-9/h3-8H,2H2,1H3,(H,17,18,19). The number of hydrogen-bond donors (Lipinski definition) is 1. The summed E-state index contributed by atoms with van der Waals surface area (Å²) in [4.78, 5) is 16.2. The third-order valence-electron chi connectivity index (χ3n) is 2.43. The van der Waals surface area contributed by atoms with E-state index in [0.29, 0.717) is 33.8 Å². The highest BCUT2D eigenvalue weighted by Crippen LogP contribution is 2.23. The average Bonchev–Trinajstić information content (AvgIpc) is 2.40. The summed E-state index contributed by atoms with van der Waals surface area (Å²) in [7, 11) is 0. The molecule has 1 aromatic heterocycles. The van der Waals surface area contributed by atoms with Gasteiger partial charge in [-0.15, -0.1) is 0 Å². The molecule has 1 amide bonds. The second-order valence-corrected chi connectivity index (χ2v) is 4.77. The molecular weight excluding hydrogens is 299 g/mol. The molecule has 0 saturated heterocycles. The summed E-state index contributed by atoms with van der Waals surface area (Å²) < 4.78 is 5.39. The molecule has 6 heteroatoms. The highest BCUT2D eigenvalue weighted by atomic mass is 35.5. The molecule has 1 heterocycles. The molecule has 0 radical (unpaired) electrons. The van der Waals surface area contributed by atoms with Gasteiger partial charge in [0.15, 0.2) is 11.6 Å². The van der Waals surface area contributed by atoms with E-state index in [-0.39, 0.29) is 5.91 Å². The lowest BCUT2D eigenvalue weighted by atomic mass is 10.2. The van der Waals surface area contributed by atoms with Crippen molar-refractivity contribution in [3.05, 3.63) is 52.1 Å². The summed E-state index contributed by atoms with van der Waals surface area (Å²) in [6.07, 6.45) is 1.57. The summed E-state index contributed by atoms with van der Waals surface area (Å²) in [5, 5.41) is 3.47. The predicted octanol–water partition coefficient (Wildman–Crippen LogP) is 4.04. The summed E-state index contributed by atoms with van der Waals surface area (Å²) in [5.41, 5.74) is 0.357. The van der Waals surface area contributed by atoms with E-state index in [4.69, 9.17) is 27.9 Å². The lowest BCUT2D eigenvalue weighted by molar-refractivity contribution is 0.102. The van der Waals surface area contributed by atoms with Crippen molar-refractivity contribution in [3.8, 4) is 5.75 Å². The van der Waals surface area contributed by atoms with E-state index >= 15 is 0 Å². The van der Waals surface area contributed by atoms with Crippen molar-refractivity contribution in [1.82, 2.24) is 4.98 Å². The molecule has 0 unspecified atom stereocenters. The largest absolute Gasteiger partial charge is 0.490 e. The molecule has 0 bridgehead atoms. The molecule has 4 nitrogen and oxygen atoms in total. The first-order chi connectivity index (χ1) is 9.60. The van der Waals surface area contributed by atoms with Gasteiger partial charge in [-0.05, 0) is 37.3 Å². The number of amides is 1. The van der Waals surface area contributed by atoms with Gasteiger partial charge in [-0.1, -0.05) is 23.2 Å². The number of nitrogens with zero attached hydrogens (tertiary/aromatic N) is 1. The molecular formula is C14H12Cl2N2O2. The summed E-state index contributed by atoms with van der Waals surface area (Å²) in [6.45, 7) is 2.34. The van der Waals surface area contributed by atoms with E-state index in [2.05, 4.69) is 10.3 Å². The van der Waals surface area contributed by atoms with Crippen molar-refractivity contribution in [1.29, 1.82) is 0 Å². The number of halogens is 2. The summed E-state index contributed by atoms with van der Waals surface area (Å²) in [5.74, 6) is 0.515. The third kappa shape index (κ3) is 3.62. The molecule has 0 spiro atoms. The Kier molecular flexibility index (Phi) is 4.82. The molecule has 1 aromatic carbocycles. The Morgan fingerprint density at radius 1 is 1.30 bits per heavy atom. The fourth-order valence-electron chi connectivity index (χ4n) is 1.62. The lowest BCUT2D eigenvalue weighted by Gasteiger charge is -2.10. The number of ether oxygens (including phenoxy) is 1. The van der Waals surface area contributed by atoms with Crippen molar-refractivity contribution in [2.24, 2.45) is 0 Å². The van der Waals surface area contributed by atoms with Gasteiger partial charge in [0.2, 0.25) is 0 Å². The first-order valence-electron chi connectivity index (χ1n) is 5.95. The van der Waals surface area contributed by atoms with Crippen LogP contribution in [0, 0.1) is 0 Å². The zero-order chi connectivity index (χ0) is 14.5. The normalized spacial score (nSPS) is 10.2. The monoisotopic (exact) mass is 310 g/mol. The van der Waals surface area contributed by atoms with Crippen LogP contribution < -0.4 is 10.1 Å². The Labute approximate surface area is 126 Å². The zero-order valence-electron chi connectivity index (χ0n) is 10.7. The van der Waals surface area contributed by atoms with Crippen molar-refractivity contribution >= 4 is 34.9 Å². The van der Waals surface area contributed by atoms with Crippen LogP contribution in [0.4, 0.5) is 5.82 Å². The zero-order valence-corrected chi connectivity index (χ0v) is 12.2. The van der Waals surface area contributed by atoms with E-state index in [0.717, 1.165) is 0 Å². The number of benzene rings is 1. The van der Waals surface area contributed by atoms with Crippen LogP contribution >= 0.6 is 23.2 Å². The predicted molar refractivity (Wildman–Crippen MR) is 79.8 cm³/mol. The number of carbonyl (C=O) groups is 1. The van der Waals surface area contributed by atoms with Gasteiger partial charge in [0.1, 0.15) is 0 Å². The number of pyridine rings is 1. The minimum Gasteiger partial charge on any atom is -0.490 e. The van der Waals surface area contributed by atoms with Crippen molar-refractivity contribution < 1.29 is 9.53 Å². The number of carbonyl (C=O) groups excluding carboxylic acids is 1. The first-order valence-corrected chi connectivity index (χ1v) is 6.71. The minimum atomic E-state index is -0.353. The van der Waals surface area contributed by atoms with Crippen molar-refractivity contribution in [3.63, 3.8) is 0 Å². The van der Waals surface area contributed by atoms with Gasteiger partial charge >= 0.3 is 0 Å². The average molecular weight is 311 g/mol. The van der Waals surface area contributed by atoms with E-state index in [1.165, 1.54) is 12.1 Å². The Morgan fingerprint density at radius 2 is 2.00 bits per heavy atom. The van der Waals surface area contributed by atoms with E-state index in [9.17, 15) is 4.79 Å². The molecule has 0 atom stereocenters. The number of aromatic nitrogens is 1. The Hall–Kier alpha value is -1.78. The maximum atomic E-state index is 12.2. The molecule has 2 aromatic rings. The van der Waals surface area contributed by atoms with Crippen LogP contribution in [0.2, 0.25) is 10.0 Å². The van der Waals surface area contributed by atoms with E-state index in [1.54, 1.807) is 24.4 Å². The molecule has 2 rings (SSSR count). The number of nitrogens with one attached hydrogen (secondary N) is 1. The van der Waals surface area contributed by atoms with Gasteiger partial charge in [-0.3, -0.25) is 4.79 Å². The quantitative estimate of drug-likeness (QED) is 0.927. The van der Waals surface area contributed by atoms with Crippen LogP contribution in [0.1, 0.15) is 17.3 Å². The van der Waals surface area contributed by atoms with Gasteiger partial charge in [0.25, 0.3) is 5.91 Å². The summed E-state index contributed by atoms with van der Waals surface area (Å²) >= 11 is 11.7. The van der Waals surface area contributed by atoms with Crippen LogP contribution in [0.15, 0.2) is 36.5 Å². The van der Waals surface area contributed by atoms with Gasteiger partial charge in [-0.2, -0.15) is 0 Å². The van der Waals surface area contributed by atoms with Gasteiger partial charge in [-0.25, -0.2) is 4.98 Å². The van der Waals surface area contributed by atoms with Crippen molar-refractivity contribution in [2.75, 3.05) is 11.9 Å². The number of rotatable bonds is 4. The lowest BCUT2D eigenvalue weighted by Crippen LogP contribution is -2.14. The molecule has 0 aliphatic carbocycles. The SMILES string of the molecule is CCOc1cccnc1NC(=O)c1cc(Cl)cc(Cl)c1. The van der Waals surface area contributed by atoms with Crippen LogP contribution in [0.3, 0.4) is 0 Å². The van der Waals surface area contributed by atoms with Crippen LogP contribution in [-0.2, 0) is 0 Å². The Morgan fingerprint density at radius 3 is 2.65 bits per heavy atom. The highest BCUT2D eigenvalue weighted by molar-refractivity contribution is 6.35. The third-order valence-corrected chi connectivity index (χ3v) is 2.86. The molecule has 1 N–H and O–H groups in total. The first kappa shape index (κ1) is 14.6. The van der Waals surface area contributed by atoms with Crippen LogP contribution in [-0.4, -0.2) is 17.5 Å². The van der Waals surface area contributed by atoms with Gasteiger partial charge in [0, 0.05) is 21.8 Å². The Bertz CT molecular complexity index is 612. The topological polar surface area (TPSA) is 51.2 Å². The van der Waals surface area contributed by atoms with Gasteiger partial charge < -0.3 is 10.1 Å². The molecule has 104 valence electrons. The second-order valence-electron chi connectivity index (χ2n) is 3.90. The maximum absolute atomic E-state index is 12.2. The van der Waals surface area contributed by atoms with Crippen LogP contribution in [0.25, 0.3) is 0 Å². The summed E-state index contributed by atoms with van der Waals surface area (Å²) in [6, 6.07) is 8.10. The molecule has 20 heavy (non-hydrogen) atoms. The fourth-order valence-corrected chi connectivity index (χ4v) is 2.15. The van der Waals surface area contributed by atoms with E-state index < -0.39 is 0 Å². The van der Waals surface area contributed by atoms with Crippen molar-refractivity contribution in [2.45, 2.75) is 6.92 Å². The molecule has 0 fully saturated rings. The molecule has 0 saturated carbocycles. The Balaban J connectivity index is 2.23. The molecule has 0 aliphatic heterocycles. The molecule has 0 aliphatic rings. The second kappa shape index (κ2) is 6.59. The smallest absolute Gasteiger partial charge is 0.257 e. The minimum absolute atomic E-state index is 0.353. The van der Waals surface area contributed by atoms with E-state index in [1.807, 2.05) is 6.92 Å². The number of hydrogen-bond acceptors (Lipinski definition) is 3. The number of anilines is 1. The fraction of sp³-hybridized carbons (Fsp3) is 0.143. The maximum Gasteiger partial charge on any atom is 0.257 e. The van der Waals surface area contributed by atoms with Gasteiger partial charge in [0.05, 0.1) is 6.61 Å². The van der Waals surface area contributed by atoms with Crippen LogP contribution in [0.5, 0.6) is 5.75 Å².